The monoisotopic (exact) mass is 388 g/mol. The van der Waals surface area contributed by atoms with Gasteiger partial charge in [-0.25, -0.2) is 4.79 Å². The van der Waals surface area contributed by atoms with Crippen LogP contribution in [0.1, 0.15) is 77.0 Å². The molecule has 0 saturated carbocycles. The van der Waals surface area contributed by atoms with Gasteiger partial charge in [-0.3, -0.25) is 0 Å². The molecule has 0 aliphatic heterocycles. The van der Waals surface area contributed by atoms with Crippen molar-refractivity contribution in [1.29, 1.82) is 0 Å². The molecule has 26 heavy (non-hydrogen) atoms. The minimum Gasteiger partial charge on any atom is -0.463 e. The Morgan fingerprint density at radius 3 is 1.50 bits per heavy atom. The molecule has 0 aromatic heterocycles. The van der Waals surface area contributed by atoms with Gasteiger partial charge < -0.3 is 18.0 Å². The van der Waals surface area contributed by atoms with Crippen molar-refractivity contribution in [2.45, 2.75) is 83.1 Å². The van der Waals surface area contributed by atoms with Gasteiger partial charge in [0.05, 0.1) is 6.61 Å². The third kappa shape index (κ3) is 13.5. The lowest BCUT2D eigenvalue weighted by molar-refractivity contribution is -0.137. The zero-order valence-corrected chi connectivity index (χ0v) is 18.2. The van der Waals surface area contributed by atoms with E-state index in [1.54, 1.807) is 21.3 Å². The SMILES string of the molecule is C=CC(=O)OCCCCCCCCCCCCCC[Si](OC)(OC)OC. The molecule has 0 aromatic rings. The summed E-state index contributed by atoms with van der Waals surface area (Å²) in [5.74, 6) is -0.317. The number of esters is 1. The van der Waals surface area contributed by atoms with Crippen LogP contribution in [-0.4, -0.2) is 42.7 Å². The zero-order valence-electron chi connectivity index (χ0n) is 17.2. The van der Waals surface area contributed by atoms with E-state index in [-0.39, 0.29) is 5.97 Å². The maximum absolute atomic E-state index is 10.9. The summed E-state index contributed by atoms with van der Waals surface area (Å²) in [6, 6.07) is 0.906. The molecular formula is C20H40O5Si. The van der Waals surface area contributed by atoms with E-state index in [2.05, 4.69) is 6.58 Å². The molecule has 0 unspecified atom stereocenters. The molecule has 0 aliphatic carbocycles. The molecule has 0 amide bonds. The van der Waals surface area contributed by atoms with Crippen LogP contribution < -0.4 is 0 Å². The molecular weight excluding hydrogens is 348 g/mol. The van der Waals surface area contributed by atoms with Crippen LogP contribution in [0.2, 0.25) is 6.04 Å². The standard InChI is InChI=1S/C20H40O5Si/c1-5-20(21)25-18-16-14-12-10-8-6-7-9-11-13-15-17-19-26(22-2,23-3)24-4/h5H,1,6-19H2,2-4H3. The van der Waals surface area contributed by atoms with Crippen LogP contribution in [0.15, 0.2) is 12.7 Å². The molecule has 0 aliphatic rings. The van der Waals surface area contributed by atoms with Gasteiger partial charge in [0.2, 0.25) is 0 Å². The predicted octanol–water partition coefficient (Wildman–Crippen LogP) is 5.27. The average Bonchev–Trinajstić information content (AvgIpc) is 2.68. The Morgan fingerprint density at radius 2 is 1.12 bits per heavy atom. The lowest BCUT2D eigenvalue weighted by Gasteiger charge is -2.24. The molecule has 0 radical (unpaired) electrons. The molecule has 0 heterocycles. The van der Waals surface area contributed by atoms with Crippen LogP contribution >= 0.6 is 0 Å². The fourth-order valence-corrected chi connectivity index (χ4v) is 4.79. The number of hydrogen-bond donors (Lipinski definition) is 0. The van der Waals surface area contributed by atoms with E-state index in [0.29, 0.717) is 6.61 Å². The molecule has 0 aromatic carbocycles. The topological polar surface area (TPSA) is 54.0 Å². The number of hydrogen-bond acceptors (Lipinski definition) is 5. The highest BCUT2D eigenvalue weighted by Gasteiger charge is 2.36. The summed E-state index contributed by atoms with van der Waals surface area (Å²) in [6.45, 7) is 3.90. The lowest BCUT2D eigenvalue weighted by atomic mass is 10.1. The maximum Gasteiger partial charge on any atom is 0.500 e. The largest absolute Gasteiger partial charge is 0.500 e. The normalized spacial score (nSPS) is 11.5. The van der Waals surface area contributed by atoms with Gasteiger partial charge >= 0.3 is 14.8 Å². The van der Waals surface area contributed by atoms with Crippen LogP contribution in [0.5, 0.6) is 0 Å². The van der Waals surface area contributed by atoms with Crippen LogP contribution in [-0.2, 0) is 22.8 Å². The fraction of sp³-hybridized carbons (Fsp3) is 0.850. The second-order valence-corrected chi connectivity index (χ2v) is 9.75. The van der Waals surface area contributed by atoms with Gasteiger partial charge in [-0.1, -0.05) is 70.8 Å². The van der Waals surface area contributed by atoms with Crippen LogP contribution in [0.3, 0.4) is 0 Å². The summed E-state index contributed by atoms with van der Waals surface area (Å²) in [4.78, 5) is 10.9. The Hall–Kier alpha value is -0.693. The second-order valence-electron chi connectivity index (χ2n) is 6.66. The summed E-state index contributed by atoms with van der Waals surface area (Å²) in [5.41, 5.74) is 0. The first kappa shape index (κ1) is 25.3. The maximum atomic E-state index is 10.9. The lowest BCUT2D eigenvalue weighted by Crippen LogP contribution is -2.42. The quantitative estimate of drug-likeness (QED) is 0.130. The molecule has 0 fully saturated rings. The van der Waals surface area contributed by atoms with Crippen molar-refractivity contribution in [3.05, 3.63) is 12.7 Å². The fourth-order valence-electron chi connectivity index (χ4n) is 3.00. The Morgan fingerprint density at radius 1 is 0.731 bits per heavy atom. The summed E-state index contributed by atoms with van der Waals surface area (Å²) in [7, 11) is 2.68. The third-order valence-corrected chi connectivity index (χ3v) is 7.55. The molecule has 0 rings (SSSR count). The highest BCUT2D eigenvalue weighted by Crippen LogP contribution is 2.18. The Labute approximate surface area is 161 Å². The van der Waals surface area contributed by atoms with Gasteiger partial charge in [-0.05, 0) is 12.8 Å². The summed E-state index contributed by atoms with van der Waals surface area (Å²) in [6.07, 6.45) is 16.1. The van der Waals surface area contributed by atoms with E-state index in [9.17, 15) is 4.79 Å². The van der Waals surface area contributed by atoms with Crippen LogP contribution in [0.25, 0.3) is 0 Å². The molecule has 0 saturated heterocycles. The minimum atomic E-state index is -2.36. The van der Waals surface area contributed by atoms with Crippen molar-refractivity contribution < 1.29 is 22.8 Å². The van der Waals surface area contributed by atoms with Crippen molar-refractivity contribution in [2.75, 3.05) is 27.9 Å². The molecule has 5 nitrogen and oxygen atoms in total. The van der Waals surface area contributed by atoms with Crippen molar-refractivity contribution in [3.8, 4) is 0 Å². The van der Waals surface area contributed by atoms with Gasteiger partial charge in [0.25, 0.3) is 0 Å². The molecule has 0 atom stereocenters. The highest BCUT2D eigenvalue weighted by atomic mass is 28.4. The average molecular weight is 389 g/mol. The number of carbonyl (C=O) groups excluding carboxylic acids is 1. The summed E-state index contributed by atoms with van der Waals surface area (Å²) in [5, 5.41) is 0. The predicted molar refractivity (Wildman–Crippen MR) is 108 cm³/mol. The molecule has 0 spiro atoms. The number of carbonyl (C=O) groups is 1. The number of rotatable bonds is 19. The first-order chi connectivity index (χ1) is 12.6. The van der Waals surface area contributed by atoms with E-state index in [4.69, 9.17) is 18.0 Å². The Kier molecular flexibility index (Phi) is 17.2. The first-order valence-corrected chi connectivity index (χ1v) is 12.0. The zero-order chi connectivity index (χ0) is 19.5. The Bertz CT molecular complexity index is 337. The molecule has 0 bridgehead atoms. The summed E-state index contributed by atoms with van der Waals surface area (Å²) < 4.78 is 21.3. The van der Waals surface area contributed by atoms with E-state index in [1.165, 1.54) is 63.9 Å². The first-order valence-electron chi connectivity index (χ1n) is 10.1. The van der Waals surface area contributed by atoms with Crippen molar-refractivity contribution in [2.24, 2.45) is 0 Å². The van der Waals surface area contributed by atoms with Crippen molar-refractivity contribution in [1.82, 2.24) is 0 Å². The Balaban J connectivity index is 3.27. The molecule has 6 heteroatoms. The molecule has 154 valence electrons. The summed E-state index contributed by atoms with van der Waals surface area (Å²) >= 11 is 0. The van der Waals surface area contributed by atoms with Gasteiger partial charge in [0, 0.05) is 33.4 Å². The third-order valence-electron chi connectivity index (χ3n) is 4.72. The molecule has 0 N–H and O–H groups in total. The van der Waals surface area contributed by atoms with Gasteiger partial charge in [0.15, 0.2) is 0 Å². The smallest absolute Gasteiger partial charge is 0.463 e. The second kappa shape index (κ2) is 17.7. The van der Waals surface area contributed by atoms with Crippen molar-refractivity contribution in [3.63, 3.8) is 0 Å². The minimum absolute atomic E-state index is 0.317. The van der Waals surface area contributed by atoms with E-state index >= 15 is 0 Å². The number of ether oxygens (including phenoxy) is 1. The highest BCUT2D eigenvalue weighted by molar-refractivity contribution is 6.60. The van der Waals surface area contributed by atoms with Crippen molar-refractivity contribution >= 4 is 14.8 Å². The van der Waals surface area contributed by atoms with Gasteiger partial charge in [-0.15, -0.1) is 0 Å². The van der Waals surface area contributed by atoms with Crippen LogP contribution in [0, 0.1) is 0 Å². The van der Waals surface area contributed by atoms with E-state index in [1.807, 2.05) is 0 Å². The van der Waals surface area contributed by atoms with E-state index in [0.717, 1.165) is 25.3 Å². The van der Waals surface area contributed by atoms with Crippen LogP contribution in [0.4, 0.5) is 0 Å². The van der Waals surface area contributed by atoms with Gasteiger partial charge in [0.1, 0.15) is 0 Å². The van der Waals surface area contributed by atoms with Gasteiger partial charge in [-0.2, -0.15) is 0 Å². The van der Waals surface area contributed by atoms with E-state index < -0.39 is 8.80 Å². The number of unbranched alkanes of at least 4 members (excludes halogenated alkanes) is 11.